The number of nitrogens with one attached hydrogen (secondary N) is 1. The predicted molar refractivity (Wildman–Crippen MR) is 91.7 cm³/mol. The molecule has 1 heterocycles. The number of hydrogen-bond donors (Lipinski definition) is 1. The van der Waals surface area contributed by atoms with Crippen LogP contribution in [0.25, 0.3) is 0 Å². The smallest absolute Gasteiger partial charge is 0.0261 e. The van der Waals surface area contributed by atoms with Gasteiger partial charge in [-0.15, -0.1) is 0 Å². The van der Waals surface area contributed by atoms with Crippen molar-refractivity contribution >= 4 is 0 Å². The zero-order chi connectivity index (χ0) is 15.1. The van der Waals surface area contributed by atoms with Crippen molar-refractivity contribution in [3.05, 3.63) is 35.9 Å². The summed E-state index contributed by atoms with van der Waals surface area (Å²) < 4.78 is 0. The van der Waals surface area contributed by atoms with Crippen LogP contribution in [0.2, 0.25) is 0 Å². The van der Waals surface area contributed by atoms with E-state index in [1.165, 1.54) is 44.3 Å². The van der Waals surface area contributed by atoms with Crippen LogP contribution in [0.15, 0.2) is 30.3 Å². The van der Waals surface area contributed by atoms with Crippen LogP contribution < -0.4 is 5.32 Å². The molecule has 2 heteroatoms. The van der Waals surface area contributed by atoms with Crippen LogP contribution in [-0.4, -0.2) is 36.6 Å². The summed E-state index contributed by atoms with van der Waals surface area (Å²) in [7, 11) is 0. The SMILES string of the molecule is CCC(CC)CN1CC(CC)NCC1Cc1ccccc1. The molecule has 1 fully saturated rings. The van der Waals surface area contributed by atoms with Gasteiger partial charge in [0, 0.05) is 31.7 Å². The summed E-state index contributed by atoms with van der Waals surface area (Å²) in [5.74, 6) is 0.846. The fourth-order valence-electron chi connectivity index (χ4n) is 3.39. The first-order valence-electron chi connectivity index (χ1n) is 8.78. The molecule has 0 spiro atoms. The summed E-state index contributed by atoms with van der Waals surface area (Å²) in [6.45, 7) is 10.6. The Morgan fingerprint density at radius 1 is 1.14 bits per heavy atom. The second-order valence-electron chi connectivity index (χ2n) is 6.49. The van der Waals surface area contributed by atoms with Crippen molar-refractivity contribution in [2.45, 2.75) is 58.5 Å². The van der Waals surface area contributed by atoms with Gasteiger partial charge >= 0.3 is 0 Å². The maximum Gasteiger partial charge on any atom is 0.0261 e. The van der Waals surface area contributed by atoms with Crippen molar-refractivity contribution in [3.8, 4) is 0 Å². The van der Waals surface area contributed by atoms with Gasteiger partial charge in [0.25, 0.3) is 0 Å². The van der Waals surface area contributed by atoms with Gasteiger partial charge in [0.05, 0.1) is 0 Å². The summed E-state index contributed by atoms with van der Waals surface area (Å²) in [6, 6.07) is 12.3. The Morgan fingerprint density at radius 3 is 2.48 bits per heavy atom. The molecule has 1 aromatic carbocycles. The first-order chi connectivity index (χ1) is 10.3. The Labute approximate surface area is 130 Å². The molecular formula is C19H32N2. The molecule has 0 aromatic heterocycles. The van der Waals surface area contributed by atoms with Crippen LogP contribution in [0.1, 0.15) is 45.6 Å². The van der Waals surface area contributed by atoms with Gasteiger partial charge < -0.3 is 5.32 Å². The molecule has 0 radical (unpaired) electrons. The zero-order valence-corrected chi connectivity index (χ0v) is 14.0. The molecule has 2 atom stereocenters. The molecule has 1 N–H and O–H groups in total. The van der Waals surface area contributed by atoms with E-state index in [-0.39, 0.29) is 0 Å². The van der Waals surface area contributed by atoms with Crippen molar-refractivity contribution in [1.82, 2.24) is 10.2 Å². The minimum atomic E-state index is 0.649. The van der Waals surface area contributed by atoms with Crippen LogP contribution in [-0.2, 0) is 6.42 Å². The van der Waals surface area contributed by atoms with E-state index in [0.717, 1.165) is 12.5 Å². The highest BCUT2D eigenvalue weighted by Gasteiger charge is 2.28. The maximum atomic E-state index is 3.74. The number of nitrogens with zero attached hydrogens (tertiary/aromatic N) is 1. The summed E-state index contributed by atoms with van der Waals surface area (Å²) >= 11 is 0. The van der Waals surface area contributed by atoms with E-state index in [2.05, 4.69) is 61.3 Å². The minimum Gasteiger partial charge on any atom is -0.311 e. The Bertz CT molecular complexity index is 386. The van der Waals surface area contributed by atoms with Crippen molar-refractivity contribution in [2.24, 2.45) is 5.92 Å². The average Bonchev–Trinajstić information content (AvgIpc) is 2.54. The van der Waals surface area contributed by atoms with Gasteiger partial charge in [-0.1, -0.05) is 63.9 Å². The van der Waals surface area contributed by atoms with Gasteiger partial charge in [-0.3, -0.25) is 4.90 Å². The fraction of sp³-hybridized carbons (Fsp3) is 0.684. The highest BCUT2D eigenvalue weighted by atomic mass is 15.2. The molecule has 1 saturated heterocycles. The monoisotopic (exact) mass is 288 g/mol. The van der Waals surface area contributed by atoms with Gasteiger partial charge in [-0.25, -0.2) is 0 Å². The highest BCUT2D eigenvalue weighted by molar-refractivity contribution is 5.16. The molecule has 2 unspecified atom stereocenters. The standard InChI is InChI=1S/C19H32N2/c1-4-16(5-2)14-21-15-18(6-3)20-13-19(21)12-17-10-8-7-9-11-17/h7-11,16,18-20H,4-6,12-15H2,1-3H3. The van der Waals surface area contributed by atoms with Gasteiger partial charge in [-0.2, -0.15) is 0 Å². The van der Waals surface area contributed by atoms with Gasteiger partial charge in [-0.05, 0) is 24.3 Å². The molecule has 2 rings (SSSR count). The first-order valence-corrected chi connectivity index (χ1v) is 8.78. The lowest BCUT2D eigenvalue weighted by atomic mass is 9.96. The summed E-state index contributed by atoms with van der Waals surface area (Å²) in [6.07, 6.45) is 5.01. The molecule has 1 aliphatic rings. The van der Waals surface area contributed by atoms with Crippen molar-refractivity contribution in [3.63, 3.8) is 0 Å². The average molecular weight is 288 g/mol. The molecule has 0 aliphatic carbocycles. The van der Waals surface area contributed by atoms with E-state index in [1.54, 1.807) is 0 Å². The predicted octanol–water partition coefficient (Wildman–Crippen LogP) is 3.72. The van der Waals surface area contributed by atoms with Crippen LogP contribution in [0, 0.1) is 5.92 Å². The third-order valence-corrected chi connectivity index (χ3v) is 5.07. The number of rotatable bonds is 7. The maximum absolute atomic E-state index is 3.74. The second kappa shape index (κ2) is 8.55. The van der Waals surface area contributed by atoms with Crippen LogP contribution in [0.4, 0.5) is 0 Å². The molecular weight excluding hydrogens is 256 g/mol. The quantitative estimate of drug-likeness (QED) is 0.822. The van der Waals surface area contributed by atoms with Gasteiger partial charge in [0.1, 0.15) is 0 Å². The molecule has 0 amide bonds. The molecule has 1 aromatic rings. The third kappa shape index (κ3) is 4.82. The lowest BCUT2D eigenvalue weighted by Crippen LogP contribution is -2.57. The molecule has 1 aliphatic heterocycles. The number of piperazine rings is 1. The fourth-order valence-corrected chi connectivity index (χ4v) is 3.39. The molecule has 21 heavy (non-hydrogen) atoms. The van der Waals surface area contributed by atoms with Crippen LogP contribution >= 0.6 is 0 Å². The zero-order valence-electron chi connectivity index (χ0n) is 14.0. The van der Waals surface area contributed by atoms with Crippen LogP contribution in [0.5, 0.6) is 0 Å². The molecule has 0 saturated carbocycles. The van der Waals surface area contributed by atoms with E-state index in [9.17, 15) is 0 Å². The number of hydrogen-bond acceptors (Lipinski definition) is 2. The normalized spacial score (nSPS) is 23.6. The van der Waals surface area contributed by atoms with E-state index in [1.807, 2.05) is 0 Å². The van der Waals surface area contributed by atoms with Gasteiger partial charge in [0.2, 0.25) is 0 Å². The third-order valence-electron chi connectivity index (χ3n) is 5.07. The molecule has 118 valence electrons. The van der Waals surface area contributed by atoms with Crippen molar-refractivity contribution in [2.75, 3.05) is 19.6 Å². The van der Waals surface area contributed by atoms with Crippen molar-refractivity contribution < 1.29 is 0 Å². The minimum absolute atomic E-state index is 0.649. The Balaban J connectivity index is 2.01. The highest BCUT2D eigenvalue weighted by Crippen LogP contribution is 2.18. The molecule has 0 bridgehead atoms. The molecule has 2 nitrogen and oxygen atoms in total. The summed E-state index contributed by atoms with van der Waals surface area (Å²) in [4.78, 5) is 2.76. The van der Waals surface area contributed by atoms with Gasteiger partial charge in [0.15, 0.2) is 0 Å². The number of benzene rings is 1. The van der Waals surface area contributed by atoms with E-state index in [0.29, 0.717) is 12.1 Å². The first kappa shape index (κ1) is 16.5. The Kier molecular flexibility index (Phi) is 6.72. The Hall–Kier alpha value is -0.860. The summed E-state index contributed by atoms with van der Waals surface area (Å²) in [5, 5.41) is 3.74. The summed E-state index contributed by atoms with van der Waals surface area (Å²) in [5.41, 5.74) is 1.47. The lowest BCUT2D eigenvalue weighted by molar-refractivity contribution is 0.105. The topological polar surface area (TPSA) is 15.3 Å². The Morgan fingerprint density at radius 2 is 1.86 bits per heavy atom. The second-order valence-corrected chi connectivity index (χ2v) is 6.49. The largest absolute Gasteiger partial charge is 0.311 e. The lowest BCUT2D eigenvalue weighted by Gasteiger charge is -2.42. The van der Waals surface area contributed by atoms with E-state index >= 15 is 0 Å². The van der Waals surface area contributed by atoms with E-state index < -0.39 is 0 Å². The van der Waals surface area contributed by atoms with E-state index in [4.69, 9.17) is 0 Å². The van der Waals surface area contributed by atoms with Crippen molar-refractivity contribution in [1.29, 1.82) is 0 Å². The van der Waals surface area contributed by atoms with Crippen LogP contribution in [0.3, 0.4) is 0 Å².